The molecule has 3 rings (SSSR count). The van der Waals surface area contributed by atoms with E-state index in [4.69, 9.17) is 9.15 Å². The van der Waals surface area contributed by atoms with Gasteiger partial charge >= 0.3 is 5.97 Å². The zero-order valence-electron chi connectivity index (χ0n) is 15.6. The summed E-state index contributed by atoms with van der Waals surface area (Å²) in [5.74, 6) is -0.275. The van der Waals surface area contributed by atoms with Crippen LogP contribution in [0.5, 0.6) is 0 Å². The van der Waals surface area contributed by atoms with E-state index in [1.54, 1.807) is 12.1 Å². The number of hydrogen-bond donors (Lipinski definition) is 1. The molecule has 140 valence electrons. The normalized spacial score (nSPS) is 11.8. The van der Waals surface area contributed by atoms with Crippen molar-refractivity contribution in [3.05, 3.63) is 65.9 Å². The van der Waals surface area contributed by atoms with E-state index < -0.39 is 5.97 Å². The fourth-order valence-corrected chi connectivity index (χ4v) is 2.68. The summed E-state index contributed by atoms with van der Waals surface area (Å²) >= 11 is 0. The highest BCUT2D eigenvalue weighted by molar-refractivity contribution is 5.91. The van der Waals surface area contributed by atoms with Crippen molar-refractivity contribution in [1.82, 2.24) is 5.32 Å². The number of esters is 1. The summed E-state index contributed by atoms with van der Waals surface area (Å²) in [6, 6.07) is 16.2. The number of ether oxygens (including phenoxy) is 1. The molecule has 0 saturated heterocycles. The van der Waals surface area contributed by atoms with Crippen LogP contribution in [0.3, 0.4) is 0 Å². The lowest BCUT2D eigenvalue weighted by Crippen LogP contribution is -2.31. The molecule has 3 aromatic rings. The number of nitrogens with one attached hydrogen (secondary N) is 1. The second-order valence-corrected chi connectivity index (χ2v) is 6.49. The summed E-state index contributed by atoms with van der Waals surface area (Å²) in [6.45, 7) is 1.47. The van der Waals surface area contributed by atoms with E-state index in [0.29, 0.717) is 11.3 Å². The Morgan fingerprint density at radius 2 is 1.81 bits per heavy atom. The average Bonchev–Trinajstić information content (AvgIpc) is 3.10. The minimum atomic E-state index is -0.535. The molecule has 1 heterocycles. The summed E-state index contributed by atoms with van der Waals surface area (Å²) in [4.78, 5) is 26.1. The number of hydrogen-bond acceptors (Lipinski definition) is 5. The SMILES string of the molecule is C[C@H](NC(=O)COC(=O)c1ccc(N(C)C)cc1)c1cc2ccccc2o1. The molecule has 0 fully saturated rings. The Labute approximate surface area is 157 Å². The Morgan fingerprint density at radius 3 is 2.48 bits per heavy atom. The molecule has 0 bridgehead atoms. The van der Waals surface area contributed by atoms with Crippen LogP contribution in [0.15, 0.2) is 59.0 Å². The monoisotopic (exact) mass is 366 g/mol. The van der Waals surface area contributed by atoms with Gasteiger partial charge in [0.2, 0.25) is 0 Å². The van der Waals surface area contributed by atoms with Crippen LogP contribution in [-0.2, 0) is 9.53 Å². The molecular weight excluding hydrogens is 344 g/mol. The lowest BCUT2D eigenvalue weighted by molar-refractivity contribution is -0.125. The second kappa shape index (κ2) is 7.95. The van der Waals surface area contributed by atoms with Crippen molar-refractivity contribution in [1.29, 1.82) is 0 Å². The Hall–Kier alpha value is -3.28. The predicted molar refractivity (Wildman–Crippen MR) is 104 cm³/mol. The first-order valence-electron chi connectivity index (χ1n) is 8.66. The third-order valence-electron chi connectivity index (χ3n) is 4.20. The molecule has 1 atom stereocenters. The molecule has 6 nitrogen and oxygen atoms in total. The number of benzene rings is 2. The van der Waals surface area contributed by atoms with Gasteiger partial charge in [-0.25, -0.2) is 4.79 Å². The molecule has 2 aromatic carbocycles. The molecule has 1 aromatic heterocycles. The Morgan fingerprint density at radius 1 is 1.11 bits per heavy atom. The van der Waals surface area contributed by atoms with Crippen molar-refractivity contribution in [2.75, 3.05) is 25.6 Å². The van der Waals surface area contributed by atoms with Crippen molar-refractivity contribution >= 4 is 28.5 Å². The van der Waals surface area contributed by atoms with Gasteiger partial charge in [-0.1, -0.05) is 18.2 Å². The fraction of sp³-hybridized carbons (Fsp3) is 0.238. The maximum absolute atomic E-state index is 12.1. The maximum Gasteiger partial charge on any atom is 0.338 e. The number of fused-ring (bicyclic) bond motifs is 1. The second-order valence-electron chi connectivity index (χ2n) is 6.49. The molecule has 0 unspecified atom stereocenters. The van der Waals surface area contributed by atoms with Crippen molar-refractivity contribution in [2.24, 2.45) is 0 Å². The van der Waals surface area contributed by atoms with E-state index in [-0.39, 0.29) is 18.6 Å². The zero-order valence-corrected chi connectivity index (χ0v) is 15.6. The number of para-hydroxylation sites is 1. The van der Waals surface area contributed by atoms with Gasteiger partial charge in [0, 0.05) is 25.2 Å². The molecule has 0 aliphatic carbocycles. The molecule has 0 aliphatic rings. The highest BCUT2D eigenvalue weighted by Gasteiger charge is 2.16. The Bertz CT molecular complexity index is 911. The van der Waals surface area contributed by atoms with Crippen LogP contribution in [0.2, 0.25) is 0 Å². The Balaban J connectivity index is 1.53. The van der Waals surface area contributed by atoms with Crippen LogP contribution >= 0.6 is 0 Å². The van der Waals surface area contributed by atoms with Crippen LogP contribution in [-0.4, -0.2) is 32.6 Å². The molecular formula is C21H22N2O4. The minimum absolute atomic E-state index is 0.331. The van der Waals surface area contributed by atoms with Gasteiger partial charge in [-0.05, 0) is 43.3 Å². The highest BCUT2D eigenvalue weighted by atomic mass is 16.5. The van der Waals surface area contributed by atoms with Gasteiger partial charge in [-0.15, -0.1) is 0 Å². The number of carbonyl (C=O) groups excluding carboxylic acids is 2. The van der Waals surface area contributed by atoms with E-state index in [2.05, 4.69) is 5.32 Å². The number of furan rings is 1. The van der Waals surface area contributed by atoms with Gasteiger partial charge in [-0.2, -0.15) is 0 Å². The van der Waals surface area contributed by atoms with Crippen LogP contribution in [0, 0.1) is 0 Å². The fourth-order valence-electron chi connectivity index (χ4n) is 2.68. The van der Waals surface area contributed by atoms with E-state index in [1.807, 2.05) is 68.4 Å². The largest absolute Gasteiger partial charge is 0.459 e. The third-order valence-corrected chi connectivity index (χ3v) is 4.20. The Kier molecular flexibility index (Phi) is 5.45. The van der Waals surface area contributed by atoms with Crippen LogP contribution in [0.4, 0.5) is 5.69 Å². The number of amides is 1. The first kappa shape index (κ1) is 18.5. The first-order valence-corrected chi connectivity index (χ1v) is 8.66. The van der Waals surface area contributed by atoms with Gasteiger partial charge in [0.05, 0.1) is 11.6 Å². The summed E-state index contributed by atoms with van der Waals surface area (Å²) in [5.41, 5.74) is 2.14. The summed E-state index contributed by atoms with van der Waals surface area (Å²) < 4.78 is 10.8. The van der Waals surface area contributed by atoms with E-state index in [9.17, 15) is 9.59 Å². The quantitative estimate of drug-likeness (QED) is 0.676. The molecule has 1 amide bonds. The van der Waals surface area contributed by atoms with Gasteiger partial charge in [0.25, 0.3) is 5.91 Å². The first-order chi connectivity index (χ1) is 12.9. The van der Waals surface area contributed by atoms with Crippen molar-refractivity contribution in [3.63, 3.8) is 0 Å². The van der Waals surface area contributed by atoms with E-state index in [0.717, 1.165) is 16.7 Å². The lowest BCUT2D eigenvalue weighted by atomic mass is 10.2. The number of anilines is 1. The number of nitrogens with zero attached hydrogens (tertiary/aromatic N) is 1. The molecule has 0 aliphatic heterocycles. The number of rotatable bonds is 6. The standard InChI is InChI=1S/C21H22N2O4/c1-14(19-12-16-6-4-5-7-18(16)27-19)22-20(24)13-26-21(25)15-8-10-17(11-9-15)23(2)3/h4-12,14H,13H2,1-3H3,(H,22,24)/t14-/m0/s1. The van der Waals surface area contributed by atoms with Crippen molar-refractivity contribution < 1.29 is 18.7 Å². The number of carbonyl (C=O) groups is 2. The van der Waals surface area contributed by atoms with Crippen LogP contribution in [0.1, 0.15) is 29.1 Å². The highest BCUT2D eigenvalue weighted by Crippen LogP contribution is 2.23. The van der Waals surface area contributed by atoms with E-state index >= 15 is 0 Å². The summed E-state index contributed by atoms with van der Waals surface area (Å²) in [5, 5.41) is 3.74. The minimum Gasteiger partial charge on any atom is -0.459 e. The van der Waals surface area contributed by atoms with Crippen LogP contribution < -0.4 is 10.2 Å². The molecule has 1 N–H and O–H groups in total. The van der Waals surface area contributed by atoms with Crippen LogP contribution in [0.25, 0.3) is 11.0 Å². The summed E-state index contributed by atoms with van der Waals surface area (Å²) in [7, 11) is 3.84. The van der Waals surface area contributed by atoms with Gasteiger partial charge in [-0.3, -0.25) is 4.79 Å². The van der Waals surface area contributed by atoms with Gasteiger partial charge in [0.1, 0.15) is 11.3 Å². The molecule has 27 heavy (non-hydrogen) atoms. The van der Waals surface area contributed by atoms with E-state index in [1.165, 1.54) is 0 Å². The summed E-state index contributed by atoms with van der Waals surface area (Å²) in [6.07, 6.45) is 0. The lowest BCUT2D eigenvalue weighted by Gasteiger charge is -2.13. The smallest absolute Gasteiger partial charge is 0.338 e. The molecule has 0 spiro atoms. The maximum atomic E-state index is 12.1. The molecule has 0 radical (unpaired) electrons. The van der Waals surface area contributed by atoms with Gasteiger partial charge < -0.3 is 19.4 Å². The average molecular weight is 366 g/mol. The topological polar surface area (TPSA) is 71.8 Å². The zero-order chi connectivity index (χ0) is 19.4. The predicted octanol–water partition coefficient (Wildman–Crippen LogP) is 3.53. The van der Waals surface area contributed by atoms with Crippen molar-refractivity contribution in [2.45, 2.75) is 13.0 Å². The van der Waals surface area contributed by atoms with Gasteiger partial charge in [0.15, 0.2) is 6.61 Å². The third kappa shape index (κ3) is 4.47. The van der Waals surface area contributed by atoms with Crippen molar-refractivity contribution in [3.8, 4) is 0 Å². The molecule has 6 heteroatoms. The molecule has 0 saturated carbocycles.